The van der Waals surface area contributed by atoms with Gasteiger partial charge in [0.2, 0.25) is 0 Å². The number of nitrogens with one attached hydrogen (secondary N) is 1. The molecule has 0 radical (unpaired) electrons. The van der Waals surface area contributed by atoms with Crippen LogP contribution in [0.2, 0.25) is 12.1 Å². The van der Waals surface area contributed by atoms with Gasteiger partial charge in [-0.2, -0.15) is 0 Å². The third-order valence-corrected chi connectivity index (χ3v) is 10.6. The molecule has 0 aliphatic heterocycles. The van der Waals surface area contributed by atoms with Crippen molar-refractivity contribution in [2.45, 2.75) is 44.3 Å². The maximum absolute atomic E-state index is 11.4. The Kier molecular flexibility index (Phi) is 13.6. The van der Waals surface area contributed by atoms with Gasteiger partial charge in [-0.1, -0.05) is 6.92 Å². The van der Waals surface area contributed by atoms with Crippen molar-refractivity contribution in [1.82, 2.24) is 5.32 Å². The summed E-state index contributed by atoms with van der Waals surface area (Å²) in [5.74, 6) is -1.33. The van der Waals surface area contributed by atoms with Crippen LogP contribution in [0, 0.1) is 5.92 Å². The fourth-order valence-corrected chi connectivity index (χ4v) is 6.42. The van der Waals surface area contributed by atoms with Crippen LogP contribution in [0.1, 0.15) is 26.2 Å². The van der Waals surface area contributed by atoms with E-state index in [1.807, 2.05) is 0 Å². The van der Waals surface area contributed by atoms with E-state index < -0.39 is 29.5 Å². The predicted molar refractivity (Wildman–Crippen MR) is 106 cm³/mol. The van der Waals surface area contributed by atoms with E-state index >= 15 is 0 Å². The molecule has 0 aromatic carbocycles. The quantitative estimate of drug-likeness (QED) is 0.264. The zero-order chi connectivity index (χ0) is 20.9. The average molecular weight is 428 g/mol. The fourth-order valence-electron chi connectivity index (χ4n) is 2.94. The van der Waals surface area contributed by atoms with Crippen LogP contribution >= 0.6 is 0 Å². The van der Waals surface area contributed by atoms with E-state index in [4.69, 9.17) is 26.6 Å². The number of carboxylic acids is 1. The highest BCUT2D eigenvalue weighted by Gasteiger charge is 2.38. The van der Waals surface area contributed by atoms with Gasteiger partial charge in [0.15, 0.2) is 0 Å². The van der Waals surface area contributed by atoms with E-state index in [2.05, 4.69) is 5.32 Å². The molecule has 2 unspecified atom stereocenters. The Balaban J connectivity index is 4.64. The minimum atomic E-state index is -2.64. The molecule has 9 nitrogen and oxygen atoms in total. The molecule has 0 saturated carbocycles. The summed E-state index contributed by atoms with van der Waals surface area (Å²) in [6, 6.07) is 1.13. The second-order valence-electron chi connectivity index (χ2n) is 6.27. The van der Waals surface area contributed by atoms with Crippen LogP contribution in [0.3, 0.4) is 0 Å². The van der Waals surface area contributed by atoms with E-state index in [1.165, 1.54) is 0 Å². The van der Waals surface area contributed by atoms with E-state index in [-0.39, 0.29) is 6.04 Å². The molecule has 162 valence electrons. The molecule has 2 N–H and O–H groups in total. The van der Waals surface area contributed by atoms with Crippen LogP contribution in [0.25, 0.3) is 0 Å². The number of hydrogen-bond donors (Lipinski definition) is 2. The van der Waals surface area contributed by atoms with Gasteiger partial charge in [0, 0.05) is 60.8 Å². The Bertz CT molecular complexity index is 391. The highest BCUT2D eigenvalue weighted by molar-refractivity contribution is 6.60. The first kappa shape index (κ1) is 26.6. The van der Waals surface area contributed by atoms with Crippen molar-refractivity contribution in [1.29, 1.82) is 0 Å². The molecule has 0 heterocycles. The van der Waals surface area contributed by atoms with Crippen LogP contribution < -0.4 is 5.32 Å². The van der Waals surface area contributed by atoms with E-state index in [9.17, 15) is 9.90 Å². The molecule has 0 aromatic heterocycles. The highest BCUT2D eigenvalue weighted by Crippen LogP contribution is 2.20. The van der Waals surface area contributed by atoms with Gasteiger partial charge in [0.1, 0.15) is 0 Å². The van der Waals surface area contributed by atoms with Gasteiger partial charge < -0.3 is 37.0 Å². The molecular formula is C16H37NO8Si2. The molecule has 0 bridgehead atoms. The van der Waals surface area contributed by atoms with E-state index in [0.29, 0.717) is 25.1 Å². The van der Waals surface area contributed by atoms with E-state index in [0.717, 1.165) is 12.8 Å². The second kappa shape index (κ2) is 13.7. The maximum Gasteiger partial charge on any atom is 0.500 e. The number of carbonyl (C=O) groups is 1. The summed E-state index contributed by atoms with van der Waals surface area (Å²) < 4.78 is 32.5. The molecule has 0 spiro atoms. The van der Waals surface area contributed by atoms with Gasteiger partial charge in [-0.3, -0.25) is 4.79 Å². The molecule has 0 fully saturated rings. The van der Waals surface area contributed by atoms with E-state index in [1.54, 1.807) is 49.6 Å². The predicted octanol–water partition coefficient (Wildman–Crippen LogP) is 1.59. The van der Waals surface area contributed by atoms with Gasteiger partial charge >= 0.3 is 23.6 Å². The molecule has 27 heavy (non-hydrogen) atoms. The van der Waals surface area contributed by atoms with Crippen molar-refractivity contribution in [2.24, 2.45) is 5.92 Å². The minimum absolute atomic E-state index is 0.163. The standard InChI is InChI=1S/C16H37NO8Si2/c1-14(16(18)19)15(10-8-12-26(20-2,21-3)22-4)17-11-9-13-27(23-5,24-6)25-7/h14-15,17H,8-13H2,1-7H3,(H,18,19). The van der Waals surface area contributed by atoms with Crippen LogP contribution in [-0.2, 0) is 31.4 Å². The van der Waals surface area contributed by atoms with Crippen molar-refractivity contribution >= 4 is 23.6 Å². The zero-order valence-electron chi connectivity index (χ0n) is 17.7. The molecule has 0 aromatic rings. The third-order valence-electron chi connectivity index (χ3n) is 4.92. The van der Waals surface area contributed by atoms with Crippen molar-refractivity contribution < 1.29 is 36.5 Å². The SMILES string of the molecule is CO[Si](CCCNC(CCC[Si](OC)(OC)OC)C(C)C(=O)O)(OC)OC. The Hall–Kier alpha value is -0.376. The summed E-state index contributed by atoms with van der Waals surface area (Å²) in [4.78, 5) is 11.4. The summed E-state index contributed by atoms with van der Waals surface area (Å²) >= 11 is 0. The van der Waals surface area contributed by atoms with Crippen molar-refractivity contribution in [3.8, 4) is 0 Å². The maximum atomic E-state index is 11.4. The molecule has 0 aliphatic rings. The van der Waals surface area contributed by atoms with Crippen LogP contribution in [0.15, 0.2) is 0 Å². The summed E-state index contributed by atoms with van der Waals surface area (Å²) in [5, 5.41) is 12.7. The molecule has 0 aliphatic carbocycles. The average Bonchev–Trinajstić information content (AvgIpc) is 2.70. The lowest BCUT2D eigenvalue weighted by molar-refractivity contribution is -0.142. The van der Waals surface area contributed by atoms with Crippen molar-refractivity contribution in [2.75, 3.05) is 49.2 Å². The van der Waals surface area contributed by atoms with Crippen molar-refractivity contribution in [3.05, 3.63) is 0 Å². The Morgan fingerprint density at radius 2 is 1.26 bits per heavy atom. The first-order chi connectivity index (χ1) is 12.8. The van der Waals surface area contributed by atoms with Gasteiger partial charge in [-0.05, 0) is 25.8 Å². The van der Waals surface area contributed by atoms with Gasteiger partial charge in [0.05, 0.1) is 5.92 Å². The summed E-state index contributed by atoms with van der Waals surface area (Å²) in [6.45, 7) is 2.36. The number of rotatable bonds is 17. The number of carboxylic acid groups (broad SMARTS) is 1. The largest absolute Gasteiger partial charge is 0.500 e. The molecular weight excluding hydrogens is 390 g/mol. The van der Waals surface area contributed by atoms with Gasteiger partial charge in [-0.25, -0.2) is 0 Å². The van der Waals surface area contributed by atoms with Crippen LogP contribution in [-0.4, -0.2) is 83.9 Å². The molecule has 11 heteroatoms. The normalized spacial score (nSPS) is 14.9. The first-order valence-electron chi connectivity index (χ1n) is 9.06. The topological polar surface area (TPSA) is 105 Å². The smallest absolute Gasteiger partial charge is 0.481 e. The molecule has 0 rings (SSSR count). The molecule has 0 amide bonds. The van der Waals surface area contributed by atoms with Crippen molar-refractivity contribution in [3.63, 3.8) is 0 Å². The molecule has 0 saturated heterocycles. The lowest BCUT2D eigenvalue weighted by atomic mass is 9.97. The van der Waals surface area contributed by atoms with Gasteiger partial charge in [0.25, 0.3) is 0 Å². The number of hydrogen-bond acceptors (Lipinski definition) is 8. The first-order valence-corrected chi connectivity index (χ1v) is 12.9. The monoisotopic (exact) mass is 427 g/mol. The Morgan fingerprint density at radius 1 is 0.852 bits per heavy atom. The van der Waals surface area contributed by atoms with Gasteiger partial charge in [-0.15, -0.1) is 0 Å². The Labute approximate surface area is 165 Å². The summed E-state index contributed by atoms with van der Waals surface area (Å²) in [5.41, 5.74) is 0. The van der Waals surface area contributed by atoms with Crippen LogP contribution in [0.4, 0.5) is 0 Å². The lowest BCUT2D eigenvalue weighted by Gasteiger charge is -2.27. The zero-order valence-corrected chi connectivity index (χ0v) is 19.7. The third kappa shape index (κ3) is 8.67. The lowest BCUT2D eigenvalue weighted by Crippen LogP contribution is -2.45. The van der Waals surface area contributed by atoms with Crippen LogP contribution in [0.5, 0.6) is 0 Å². The molecule has 2 atom stereocenters. The Morgan fingerprint density at radius 3 is 1.63 bits per heavy atom. The summed E-state index contributed by atoms with van der Waals surface area (Å²) in [7, 11) is 4.23. The minimum Gasteiger partial charge on any atom is -0.481 e. The highest BCUT2D eigenvalue weighted by atomic mass is 28.4. The fraction of sp³-hybridized carbons (Fsp3) is 0.938. The summed E-state index contributed by atoms with van der Waals surface area (Å²) in [6.07, 6.45) is 2.18. The number of aliphatic carboxylic acids is 1. The second-order valence-corrected chi connectivity index (χ2v) is 12.5.